The van der Waals surface area contributed by atoms with Crippen molar-refractivity contribution in [1.82, 2.24) is 19.9 Å². The van der Waals surface area contributed by atoms with Gasteiger partial charge in [0.25, 0.3) is 0 Å². The summed E-state index contributed by atoms with van der Waals surface area (Å²) in [5.41, 5.74) is 24.8. The van der Waals surface area contributed by atoms with Crippen molar-refractivity contribution in [1.29, 1.82) is 5.26 Å². The number of anilines is 4. The third-order valence-electron chi connectivity index (χ3n) is 6.02. The molecule has 226 valence electrons. The molecule has 0 bridgehead atoms. The van der Waals surface area contributed by atoms with Gasteiger partial charge in [-0.15, -0.1) is 0 Å². The van der Waals surface area contributed by atoms with Crippen molar-refractivity contribution in [3.05, 3.63) is 56.9 Å². The van der Waals surface area contributed by atoms with Gasteiger partial charge in [-0.3, -0.25) is 0 Å². The molecule has 0 aliphatic heterocycles. The van der Waals surface area contributed by atoms with Crippen LogP contribution in [0.2, 0.25) is 0 Å². The fraction of sp³-hybridized carbons (Fsp3) is 0.276. The second-order valence-electron chi connectivity index (χ2n) is 9.70. The third kappa shape index (κ3) is 8.16. The number of ether oxygens (including phenoxy) is 4. The maximum Gasteiger partial charge on any atom is 0.222 e. The second kappa shape index (κ2) is 14.4. The van der Waals surface area contributed by atoms with Gasteiger partial charge in [0.1, 0.15) is 29.1 Å². The van der Waals surface area contributed by atoms with Crippen molar-refractivity contribution in [3.63, 3.8) is 0 Å². The second-order valence-corrected chi connectivity index (χ2v) is 10.9. The number of halogens is 1. The van der Waals surface area contributed by atoms with E-state index in [0.717, 1.165) is 20.4 Å². The molecule has 14 heteroatoms. The fourth-order valence-electron chi connectivity index (χ4n) is 3.81. The Balaban J connectivity index is 0.000000236. The van der Waals surface area contributed by atoms with Crippen LogP contribution in [-0.4, -0.2) is 34.2 Å². The van der Waals surface area contributed by atoms with Crippen molar-refractivity contribution in [2.24, 2.45) is 0 Å². The average Bonchev–Trinajstić information content (AvgIpc) is 2.95. The Hall–Kier alpha value is -4.78. The molecule has 2 aromatic carbocycles. The molecule has 2 aromatic heterocycles. The van der Waals surface area contributed by atoms with Gasteiger partial charge in [0.15, 0.2) is 23.1 Å². The summed E-state index contributed by atoms with van der Waals surface area (Å²) in [5, 5.41) is 9.21. The molecule has 0 spiro atoms. The van der Waals surface area contributed by atoms with Crippen LogP contribution < -0.4 is 41.9 Å². The number of methoxy groups -OCH3 is 2. The Bertz CT molecular complexity index is 1640. The summed E-state index contributed by atoms with van der Waals surface area (Å²) in [6.07, 6.45) is 2.87. The fourth-order valence-corrected chi connectivity index (χ4v) is 4.47. The molecule has 0 saturated heterocycles. The molecule has 4 rings (SSSR count). The predicted octanol–water partition coefficient (Wildman–Crippen LogP) is 5.61. The minimum atomic E-state index is 0.0707. The number of nitrogens with two attached hydrogens (primary N) is 4. The molecule has 0 unspecified atom stereocenters. The maximum absolute atomic E-state index is 9.21. The summed E-state index contributed by atoms with van der Waals surface area (Å²) >= 11 is 2.20. The third-order valence-corrected chi connectivity index (χ3v) is 6.87. The van der Waals surface area contributed by atoms with Gasteiger partial charge in [-0.1, -0.05) is 27.7 Å². The molecule has 43 heavy (non-hydrogen) atoms. The Morgan fingerprint density at radius 2 is 1.12 bits per heavy atom. The van der Waals surface area contributed by atoms with Crippen LogP contribution in [0, 0.1) is 14.9 Å². The van der Waals surface area contributed by atoms with Crippen molar-refractivity contribution in [2.45, 2.75) is 39.5 Å². The first-order valence-electron chi connectivity index (χ1n) is 13.0. The Morgan fingerprint density at radius 1 is 0.674 bits per heavy atom. The summed E-state index contributed by atoms with van der Waals surface area (Å²) in [5.74, 6) is 4.15. The molecule has 2 heterocycles. The first-order valence-corrected chi connectivity index (χ1v) is 14.1. The van der Waals surface area contributed by atoms with Gasteiger partial charge >= 0.3 is 0 Å². The molecule has 0 radical (unpaired) electrons. The average molecular weight is 700 g/mol. The summed E-state index contributed by atoms with van der Waals surface area (Å²) < 4.78 is 23.2. The van der Waals surface area contributed by atoms with Crippen LogP contribution in [-0.2, 0) is 0 Å². The Morgan fingerprint density at radius 3 is 1.51 bits per heavy atom. The number of nitriles is 1. The first-order chi connectivity index (χ1) is 20.4. The van der Waals surface area contributed by atoms with Gasteiger partial charge in [0.05, 0.1) is 35.7 Å². The lowest BCUT2D eigenvalue weighted by atomic mass is 9.99. The highest BCUT2D eigenvalue weighted by atomic mass is 127. The number of nitrogen functional groups attached to an aromatic ring is 4. The molecule has 0 aliphatic rings. The molecule has 0 atom stereocenters. The molecular formula is C29H34IN9O4. The number of hydrogen-bond acceptors (Lipinski definition) is 13. The number of benzene rings is 2. The number of aromatic nitrogens is 4. The van der Waals surface area contributed by atoms with Gasteiger partial charge in [-0.2, -0.15) is 15.2 Å². The van der Waals surface area contributed by atoms with E-state index in [2.05, 4.69) is 62.4 Å². The van der Waals surface area contributed by atoms with Crippen LogP contribution in [0.3, 0.4) is 0 Å². The van der Waals surface area contributed by atoms with Crippen LogP contribution in [0.15, 0.2) is 36.7 Å². The molecule has 0 saturated carbocycles. The number of nitrogens with zero attached hydrogens (tertiary/aromatic N) is 5. The Labute approximate surface area is 263 Å². The summed E-state index contributed by atoms with van der Waals surface area (Å²) in [7, 11) is 3.17. The largest absolute Gasteiger partial charge is 0.496 e. The zero-order valence-electron chi connectivity index (χ0n) is 24.7. The predicted molar refractivity (Wildman–Crippen MR) is 173 cm³/mol. The van der Waals surface area contributed by atoms with E-state index in [1.165, 1.54) is 19.5 Å². The van der Waals surface area contributed by atoms with Gasteiger partial charge in [0.2, 0.25) is 11.9 Å². The maximum atomic E-state index is 9.21. The van der Waals surface area contributed by atoms with Crippen molar-refractivity contribution < 1.29 is 18.9 Å². The lowest BCUT2D eigenvalue weighted by Crippen LogP contribution is -2.03. The molecule has 8 N–H and O–H groups in total. The highest BCUT2D eigenvalue weighted by Crippen LogP contribution is 2.38. The molecule has 13 nitrogen and oxygen atoms in total. The Kier molecular flexibility index (Phi) is 11.0. The normalized spacial score (nSPS) is 10.5. The summed E-state index contributed by atoms with van der Waals surface area (Å²) in [4.78, 5) is 15.5. The van der Waals surface area contributed by atoms with E-state index in [9.17, 15) is 5.26 Å². The van der Waals surface area contributed by atoms with Crippen molar-refractivity contribution in [2.75, 3.05) is 37.2 Å². The molecule has 0 aliphatic carbocycles. The van der Waals surface area contributed by atoms with Crippen molar-refractivity contribution in [3.8, 4) is 40.6 Å². The van der Waals surface area contributed by atoms with Gasteiger partial charge in [0, 0.05) is 17.2 Å². The van der Waals surface area contributed by atoms with E-state index in [0.29, 0.717) is 28.6 Å². The van der Waals surface area contributed by atoms with Gasteiger partial charge in [-0.25, -0.2) is 9.97 Å². The smallest absolute Gasteiger partial charge is 0.222 e. The minimum Gasteiger partial charge on any atom is -0.496 e. The standard InChI is InChI=1S/C15H17N5O2.C14H17IN4O2/c1-8(2)10-5-11(21-3)9(6-16)4-12(10)22-13-7-19-15(18)20-14(13)17;1-7(2)8-4-11(20-3)9(15)5-10(8)21-12-6-18-14(17)19-13(12)16/h4-5,7-8H,1-3H3,(H4,17,18,19,20);4-7H,1-3H3,(H4,16,17,18,19). The SMILES string of the molecule is COc1cc(C(C)C)c(Oc2cnc(N)nc2N)cc1C#N.COc1cc(C(C)C)c(Oc2cnc(N)nc2N)cc1I. The quantitative estimate of drug-likeness (QED) is 0.165. The molecule has 0 amide bonds. The van der Waals surface area contributed by atoms with E-state index in [4.69, 9.17) is 41.9 Å². The lowest BCUT2D eigenvalue weighted by molar-refractivity contribution is 0.407. The van der Waals surface area contributed by atoms with Crippen molar-refractivity contribution >= 4 is 46.1 Å². The summed E-state index contributed by atoms with van der Waals surface area (Å²) in [6.45, 7) is 8.18. The van der Waals surface area contributed by atoms with Gasteiger partial charge in [-0.05, 0) is 52.6 Å². The minimum absolute atomic E-state index is 0.0707. The number of rotatable bonds is 8. The van der Waals surface area contributed by atoms with Crippen LogP contribution in [0.1, 0.15) is 56.2 Å². The van der Waals surface area contributed by atoms with Crippen LogP contribution in [0.5, 0.6) is 34.5 Å². The highest BCUT2D eigenvalue weighted by molar-refractivity contribution is 14.1. The molecular weight excluding hydrogens is 665 g/mol. The van der Waals surface area contributed by atoms with Crippen LogP contribution in [0.25, 0.3) is 0 Å². The molecule has 0 fully saturated rings. The first kappa shape index (κ1) is 32.7. The highest BCUT2D eigenvalue weighted by Gasteiger charge is 2.17. The van der Waals surface area contributed by atoms with E-state index >= 15 is 0 Å². The van der Waals surface area contributed by atoms with E-state index in [1.807, 2.05) is 26.0 Å². The van der Waals surface area contributed by atoms with Gasteiger partial charge < -0.3 is 41.9 Å². The van der Waals surface area contributed by atoms with E-state index in [1.54, 1.807) is 19.2 Å². The summed E-state index contributed by atoms with van der Waals surface area (Å²) in [6, 6.07) is 9.35. The zero-order valence-corrected chi connectivity index (χ0v) is 26.8. The topological polar surface area (TPSA) is 216 Å². The van der Waals surface area contributed by atoms with Crippen LogP contribution in [0.4, 0.5) is 23.5 Å². The van der Waals surface area contributed by atoms with E-state index < -0.39 is 0 Å². The number of hydrogen-bond donors (Lipinski definition) is 4. The monoisotopic (exact) mass is 699 g/mol. The van der Waals surface area contributed by atoms with Crippen LogP contribution >= 0.6 is 22.6 Å². The zero-order chi connectivity index (χ0) is 31.8. The lowest BCUT2D eigenvalue weighted by Gasteiger charge is -2.16. The molecule has 4 aromatic rings. The van der Waals surface area contributed by atoms with E-state index in [-0.39, 0.29) is 41.1 Å².